The van der Waals surface area contributed by atoms with Crippen molar-refractivity contribution in [3.8, 4) is 0 Å². The van der Waals surface area contributed by atoms with Crippen LogP contribution in [0.4, 0.5) is 0 Å². The number of carbonyl (C=O) groups excluding carboxylic acids is 1. The first-order chi connectivity index (χ1) is 8.75. The van der Waals surface area contributed by atoms with Crippen molar-refractivity contribution in [1.29, 1.82) is 0 Å². The molecular weight excluding hydrogens is 226 g/mol. The summed E-state index contributed by atoms with van der Waals surface area (Å²) in [4.78, 5) is 14.2. The van der Waals surface area contributed by atoms with Crippen LogP contribution in [-0.2, 0) is 0 Å². The maximum Gasteiger partial charge on any atom is 0.289 e. The molecule has 3 nitrogen and oxygen atoms in total. The van der Waals surface area contributed by atoms with Gasteiger partial charge in [-0.15, -0.1) is 0 Å². The normalized spacial score (nSPS) is 16.2. The zero-order chi connectivity index (χ0) is 12.5. The Bertz CT molecular complexity index is 579. The minimum Gasteiger partial charge on any atom is -0.451 e. The van der Waals surface area contributed by atoms with Crippen LogP contribution < -0.4 is 0 Å². The van der Waals surface area contributed by atoms with Crippen LogP contribution in [0, 0.1) is 6.92 Å². The highest BCUT2D eigenvalue weighted by Gasteiger charge is 2.21. The van der Waals surface area contributed by atoms with E-state index in [2.05, 4.69) is 0 Å². The maximum atomic E-state index is 12.3. The lowest BCUT2D eigenvalue weighted by Crippen LogP contribution is -2.35. The average molecular weight is 243 g/mol. The SMILES string of the molecule is Cc1cccc2cc(C(=O)N3CCCCC3)oc12. The third kappa shape index (κ3) is 1.90. The van der Waals surface area contributed by atoms with Crippen molar-refractivity contribution in [1.82, 2.24) is 4.90 Å². The van der Waals surface area contributed by atoms with Crippen molar-refractivity contribution < 1.29 is 9.21 Å². The molecule has 1 aliphatic heterocycles. The highest BCUT2D eigenvalue weighted by Crippen LogP contribution is 2.24. The van der Waals surface area contributed by atoms with E-state index < -0.39 is 0 Å². The molecule has 3 heteroatoms. The number of amides is 1. The molecule has 1 aliphatic rings. The molecule has 2 heterocycles. The lowest BCUT2D eigenvalue weighted by atomic mass is 10.1. The third-order valence-electron chi connectivity index (χ3n) is 3.60. The predicted octanol–water partition coefficient (Wildman–Crippen LogP) is 3.37. The zero-order valence-electron chi connectivity index (χ0n) is 10.6. The minimum atomic E-state index is 0.0327. The number of hydrogen-bond donors (Lipinski definition) is 0. The second-order valence-corrected chi connectivity index (χ2v) is 4.96. The molecule has 2 aromatic rings. The van der Waals surface area contributed by atoms with Crippen molar-refractivity contribution >= 4 is 16.9 Å². The first kappa shape index (κ1) is 11.3. The van der Waals surface area contributed by atoms with E-state index in [1.165, 1.54) is 6.42 Å². The Morgan fingerprint density at radius 3 is 2.72 bits per heavy atom. The van der Waals surface area contributed by atoms with Gasteiger partial charge in [0.1, 0.15) is 5.58 Å². The van der Waals surface area contributed by atoms with Crippen molar-refractivity contribution in [3.63, 3.8) is 0 Å². The molecule has 1 amide bonds. The number of rotatable bonds is 1. The Kier molecular flexibility index (Phi) is 2.82. The van der Waals surface area contributed by atoms with E-state index in [0.717, 1.165) is 42.5 Å². The van der Waals surface area contributed by atoms with Gasteiger partial charge < -0.3 is 9.32 Å². The summed E-state index contributed by atoms with van der Waals surface area (Å²) in [7, 11) is 0. The van der Waals surface area contributed by atoms with Gasteiger partial charge in [-0.1, -0.05) is 18.2 Å². The van der Waals surface area contributed by atoms with Gasteiger partial charge in [0.2, 0.25) is 0 Å². The predicted molar refractivity (Wildman–Crippen MR) is 70.7 cm³/mol. The summed E-state index contributed by atoms with van der Waals surface area (Å²) in [6, 6.07) is 7.83. The molecule has 0 atom stereocenters. The Morgan fingerprint density at radius 1 is 1.22 bits per heavy atom. The fraction of sp³-hybridized carbons (Fsp3) is 0.400. The van der Waals surface area contributed by atoms with Gasteiger partial charge >= 0.3 is 0 Å². The van der Waals surface area contributed by atoms with Crippen molar-refractivity contribution in [2.45, 2.75) is 26.2 Å². The zero-order valence-corrected chi connectivity index (χ0v) is 10.6. The van der Waals surface area contributed by atoms with Crippen molar-refractivity contribution in [3.05, 3.63) is 35.6 Å². The van der Waals surface area contributed by atoms with Gasteiger partial charge in [-0.05, 0) is 37.8 Å². The number of piperidine rings is 1. The second-order valence-electron chi connectivity index (χ2n) is 4.96. The Hall–Kier alpha value is -1.77. The van der Waals surface area contributed by atoms with Gasteiger partial charge in [-0.25, -0.2) is 0 Å². The molecule has 1 fully saturated rings. The highest BCUT2D eigenvalue weighted by molar-refractivity contribution is 5.96. The van der Waals surface area contributed by atoms with Crippen LogP contribution in [0.3, 0.4) is 0 Å². The summed E-state index contributed by atoms with van der Waals surface area (Å²) >= 11 is 0. The number of benzene rings is 1. The Balaban J connectivity index is 1.94. The molecule has 0 unspecified atom stereocenters. The molecule has 1 aromatic carbocycles. The molecular formula is C15H17NO2. The standard InChI is InChI=1S/C15H17NO2/c1-11-6-5-7-12-10-13(18-14(11)12)15(17)16-8-3-2-4-9-16/h5-7,10H,2-4,8-9H2,1H3. The molecule has 94 valence electrons. The molecule has 0 aliphatic carbocycles. The van der Waals surface area contributed by atoms with Gasteiger partial charge in [0, 0.05) is 18.5 Å². The largest absolute Gasteiger partial charge is 0.451 e. The molecule has 1 aromatic heterocycles. The Morgan fingerprint density at radius 2 is 2.00 bits per heavy atom. The van der Waals surface area contributed by atoms with Crippen LogP contribution in [-0.4, -0.2) is 23.9 Å². The summed E-state index contributed by atoms with van der Waals surface area (Å²) in [6.45, 7) is 3.71. The van der Waals surface area contributed by atoms with Gasteiger partial charge in [0.15, 0.2) is 5.76 Å². The minimum absolute atomic E-state index is 0.0327. The maximum absolute atomic E-state index is 12.3. The topological polar surface area (TPSA) is 33.5 Å². The van der Waals surface area contributed by atoms with Gasteiger partial charge in [0.25, 0.3) is 5.91 Å². The van der Waals surface area contributed by atoms with E-state index in [0.29, 0.717) is 5.76 Å². The highest BCUT2D eigenvalue weighted by atomic mass is 16.3. The summed E-state index contributed by atoms with van der Waals surface area (Å²) < 4.78 is 5.72. The van der Waals surface area contributed by atoms with Gasteiger partial charge in [-0.3, -0.25) is 4.79 Å². The number of aryl methyl sites for hydroxylation is 1. The number of furan rings is 1. The van der Waals surface area contributed by atoms with E-state index in [1.54, 1.807) is 0 Å². The molecule has 0 saturated carbocycles. The number of fused-ring (bicyclic) bond motifs is 1. The van der Waals surface area contributed by atoms with E-state index in [9.17, 15) is 4.79 Å². The molecule has 0 spiro atoms. The Labute approximate surface area is 106 Å². The van der Waals surface area contributed by atoms with Crippen LogP contribution in [0.1, 0.15) is 35.4 Å². The number of carbonyl (C=O) groups is 1. The summed E-state index contributed by atoms with van der Waals surface area (Å²) in [6.07, 6.45) is 3.43. The fourth-order valence-electron chi connectivity index (χ4n) is 2.57. The lowest BCUT2D eigenvalue weighted by molar-refractivity contribution is 0.0694. The molecule has 1 saturated heterocycles. The van der Waals surface area contributed by atoms with Crippen LogP contribution in [0.2, 0.25) is 0 Å². The first-order valence-electron chi connectivity index (χ1n) is 6.54. The molecule has 0 N–H and O–H groups in total. The third-order valence-corrected chi connectivity index (χ3v) is 3.60. The molecule has 3 rings (SSSR count). The first-order valence-corrected chi connectivity index (χ1v) is 6.54. The summed E-state index contributed by atoms with van der Waals surface area (Å²) in [5.74, 6) is 0.506. The average Bonchev–Trinajstić information content (AvgIpc) is 2.84. The van der Waals surface area contributed by atoms with Gasteiger partial charge in [-0.2, -0.15) is 0 Å². The number of likely N-dealkylation sites (tertiary alicyclic amines) is 1. The smallest absolute Gasteiger partial charge is 0.289 e. The number of nitrogens with zero attached hydrogens (tertiary/aromatic N) is 1. The van der Waals surface area contributed by atoms with Crippen molar-refractivity contribution in [2.75, 3.05) is 13.1 Å². The van der Waals surface area contributed by atoms with Crippen LogP contribution >= 0.6 is 0 Å². The van der Waals surface area contributed by atoms with E-state index in [-0.39, 0.29) is 5.91 Å². The van der Waals surface area contributed by atoms with Crippen LogP contribution in [0.25, 0.3) is 11.0 Å². The van der Waals surface area contributed by atoms with Gasteiger partial charge in [0.05, 0.1) is 0 Å². The van der Waals surface area contributed by atoms with E-state index in [1.807, 2.05) is 36.1 Å². The summed E-state index contributed by atoms with van der Waals surface area (Å²) in [5.41, 5.74) is 1.91. The quantitative estimate of drug-likeness (QED) is 0.769. The molecule has 0 radical (unpaired) electrons. The lowest BCUT2D eigenvalue weighted by Gasteiger charge is -2.25. The fourth-order valence-corrected chi connectivity index (χ4v) is 2.57. The van der Waals surface area contributed by atoms with Crippen LogP contribution in [0.5, 0.6) is 0 Å². The van der Waals surface area contributed by atoms with Crippen LogP contribution in [0.15, 0.2) is 28.7 Å². The van der Waals surface area contributed by atoms with E-state index >= 15 is 0 Å². The van der Waals surface area contributed by atoms with Crippen molar-refractivity contribution in [2.24, 2.45) is 0 Å². The number of para-hydroxylation sites is 1. The monoisotopic (exact) mass is 243 g/mol. The number of hydrogen-bond acceptors (Lipinski definition) is 2. The second kappa shape index (κ2) is 4.48. The summed E-state index contributed by atoms with van der Waals surface area (Å²) in [5, 5.41) is 1.01. The van der Waals surface area contributed by atoms with E-state index in [4.69, 9.17) is 4.42 Å². The molecule has 18 heavy (non-hydrogen) atoms. The molecule has 0 bridgehead atoms.